The Morgan fingerprint density at radius 1 is 1.09 bits per heavy atom. The highest BCUT2D eigenvalue weighted by atomic mass is 16.6. The van der Waals surface area contributed by atoms with Crippen molar-refractivity contribution in [2.75, 3.05) is 0 Å². The van der Waals surface area contributed by atoms with E-state index in [2.05, 4.69) is 15.5 Å². The topological polar surface area (TPSA) is 154 Å². The van der Waals surface area contributed by atoms with Crippen molar-refractivity contribution in [1.29, 1.82) is 0 Å². The van der Waals surface area contributed by atoms with Crippen LogP contribution in [-0.2, 0) is 14.3 Å². The van der Waals surface area contributed by atoms with Crippen molar-refractivity contribution >= 4 is 17.7 Å². The molecule has 0 aliphatic rings. The molecule has 0 aliphatic carbocycles. The number of rotatable bonds is 6. The van der Waals surface area contributed by atoms with E-state index >= 15 is 0 Å². The van der Waals surface area contributed by atoms with Crippen molar-refractivity contribution in [2.24, 2.45) is 0 Å². The Hall–Kier alpha value is -3.76. The summed E-state index contributed by atoms with van der Waals surface area (Å²) >= 11 is 0. The number of nitrogens with zero attached hydrogens (tertiary/aromatic N) is 2. The second kappa shape index (κ2) is 9.80. The van der Waals surface area contributed by atoms with Gasteiger partial charge in [-0.2, -0.15) is 5.10 Å². The molecule has 2 aromatic rings. The number of nitro benzene ring substituents is 1. The Kier molecular flexibility index (Phi) is 7.57. The number of carbonyl (C=O) groups is 2. The van der Waals surface area contributed by atoms with E-state index in [1.54, 1.807) is 41.5 Å². The minimum absolute atomic E-state index is 0.126. The molecule has 1 amide bonds. The fraction of sp³-hybridized carbons (Fsp3) is 0.455. The van der Waals surface area contributed by atoms with Gasteiger partial charge in [-0.05, 0) is 65.3 Å². The second-order valence-electron chi connectivity index (χ2n) is 9.33. The quantitative estimate of drug-likeness (QED) is 0.376. The molecule has 33 heavy (non-hydrogen) atoms. The van der Waals surface area contributed by atoms with Gasteiger partial charge in [-0.25, -0.2) is 9.89 Å². The fourth-order valence-corrected chi connectivity index (χ4v) is 2.81. The summed E-state index contributed by atoms with van der Waals surface area (Å²) in [5.41, 5.74) is -1.44. The lowest BCUT2D eigenvalue weighted by Crippen LogP contribution is -2.37. The van der Waals surface area contributed by atoms with E-state index in [1.165, 1.54) is 30.3 Å². The number of amides is 1. The predicted molar refractivity (Wildman–Crippen MR) is 120 cm³/mol. The minimum Gasteiger partial charge on any atom is -0.460 e. The monoisotopic (exact) mass is 460 g/mol. The van der Waals surface area contributed by atoms with Gasteiger partial charge in [0.1, 0.15) is 11.2 Å². The number of alkyl carbamates (subject to hydrolysis) is 1. The first kappa shape index (κ1) is 25.5. The number of esters is 1. The van der Waals surface area contributed by atoms with Gasteiger partial charge in [-0.15, -0.1) is 0 Å². The van der Waals surface area contributed by atoms with E-state index in [1.807, 2.05) is 0 Å². The van der Waals surface area contributed by atoms with E-state index in [9.17, 15) is 24.5 Å². The molecule has 0 saturated heterocycles. The van der Waals surface area contributed by atoms with E-state index in [0.717, 1.165) is 0 Å². The van der Waals surface area contributed by atoms with Gasteiger partial charge in [0.2, 0.25) is 0 Å². The van der Waals surface area contributed by atoms with Gasteiger partial charge in [0.25, 0.3) is 11.2 Å². The van der Waals surface area contributed by atoms with Crippen LogP contribution in [0.3, 0.4) is 0 Å². The number of non-ortho nitro benzene ring substituents is 1. The van der Waals surface area contributed by atoms with Crippen LogP contribution < -0.4 is 10.9 Å². The molecule has 0 saturated carbocycles. The molecule has 0 radical (unpaired) electrons. The Balaban J connectivity index is 2.41. The first-order chi connectivity index (χ1) is 15.1. The van der Waals surface area contributed by atoms with Crippen molar-refractivity contribution in [3.63, 3.8) is 0 Å². The van der Waals surface area contributed by atoms with Crippen LogP contribution >= 0.6 is 0 Å². The van der Waals surface area contributed by atoms with Crippen molar-refractivity contribution in [3.05, 3.63) is 56.5 Å². The number of carbonyl (C=O) groups excluding carboxylic acids is 2. The smallest absolute Gasteiger partial charge is 0.408 e. The number of nitrogens with one attached hydrogen (secondary N) is 2. The van der Waals surface area contributed by atoms with Gasteiger partial charge >= 0.3 is 12.1 Å². The molecule has 0 fully saturated rings. The lowest BCUT2D eigenvalue weighted by atomic mass is 10.0. The average Bonchev–Trinajstić information content (AvgIpc) is 2.65. The number of benzene rings is 1. The summed E-state index contributed by atoms with van der Waals surface area (Å²) in [5.74, 6) is -0.589. The molecule has 2 rings (SSSR count). The molecule has 1 atom stereocenters. The van der Waals surface area contributed by atoms with Gasteiger partial charge in [-0.1, -0.05) is 0 Å². The highest BCUT2D eigenvalue weighted by Crippen LogP contribution is 2.24. The van der Waals surface area contributed by atoms with Crippen molar-refractivity contribution in [3.8, 4) is 11.1 Å². The summed E-state index contributed by atoms with van der Waals surface area (Å²) in [4.78, 5) is 47.6. The fourth-order valence-electron chi connectivity index (χ4n) is 2.81. The molecule has 0 bridgehead atoms. The van der Waals surface area contributed by atoms with Crippen LogP contribution in [0.2, 0.25) is 0 Å². The number of hydrogen-bond acceptors (Lipinski definition) is 8. The van der Waals surface area contributed by atoms with Crippen LogP contribution in [0.15, 0.2) is 35.1 Å². The van der Waals surface area contributed by atoms with Gasteiger partial charge in [-0.3, -0.25) is 19.7 Å². The van der Waals surface area contributed by atoms with Crippen LogP contribution in [0, 0.1) is 10.1 Å². The molecular weight excluding hydrogens is 432 g/mol. The molecule has 1 aromatic heterocycles. The molecule has 0 unspecified atom stereocenters. The molecule has 1 aromatic carbocycles. The number of hydrogen-bond donors (Lipinski definition) is 2. The summed E-state index contributed by atoms with van der Waals surface area (Å²) in [5, 5.41) is 19.8. The van der Waals surface area contributed by atoms with Crippen LogP contribution in [0.4, 0.5) is 10.5 Å². The van der Waals surface area contributed by atoms with Crippen molar-refractivity contribution < 1.29 is 24.0 Å². The number of ether oxygens (including phenoxy) is 2. The zero-order valence-corrected chi connectivity index (χ0v) is 19.4. The predicted octanol–water partition coefficient (Wildman–Crippen LogP) is 3.64. The molecule has 178 valence electrons. The van der Waals surface area contributed by atoms with Crippen molar-refractivity contribution in [1.82, 2.24) is 15.5 Å². The van der Waals surface area contributed by atoms with Gasteiger partial charge in [0.15, 0.2) is 0 Å². The highest BCUT2D eigenvalue weighted by Gasteiger charge is 2.27. The van der Waals surface area contributed by atoms with Crippen LogP contribution in [-0.4, -0.2) is 38.4 Å². The van der Waals surface area contributed by atoms with Gasteiger partial charge in [0.05, 0.1) is 28.6 Å². The largest absolute Gasteiger partial charge is 0.460 e. The lowest BCUT2D eigenvalue weighted by Gasteiger charge is -2.25. The normalized spacial score (nSPS) is 12.5. The highest BCUT2D eigenvalue weighted by molar-refractivity contribution is 5.74. The van der Waals surface area contributed by atoms with Gasteiger partial charge in [0, 0.05) is 12.1 Å². The summed E-state index contributed by atoms with van der Waals surface area (Å²) in [6, 6.07) is 5.83. The molecule has 2 N–H and O–H groups in total. The zero-order valence-electron chi connectivity index (χ0n) is 19.4. The Morgan fingerprint density at radius 2 is 1.67 bits per heavy atom. The SMILES string of the molecule is CC(C)(C)OC(=O)C[C@H](NC(=O)OC(C)(C)C)c1cc(-c2ccc([N+](=O)[O-])cc2)c(=O)[nH]n1. The average molecular weight is 460 g/mol. The van der Waals surface area contributed by atoms with Crippen molar-refractivity contribution in [2.45, 2.75) is 65.2 Å². The first-order valence-electron chi connectivity index (χ1n) is 10.2. The number of nitro groups is 1. The second-order valence-corrected chi connectivity index (χ2v) is 9.33. The lowest BCUT2D eigenvalue weighted by molar-refractivity contribution is -0.384. The maximum Gasteiger partial charge on any atom is 0.408 e. The molecule has 11 heteroatoms. The van der Waals surface area contributed by atoms with Crippen LogP contribution in [0.1, 0.15) is 59.7 Å². The number of aromatic nitrogens is 2. The van der Waals surface area contributed by atoms with Crippen LogP contribution in [0.25, 0.3) is 11.1 Å². The third-order valence-electron chi connectivity index (χ3n) is 4.05. The molecule has 0 aliphatic heterocycles. The van der Waals surface area contributed by atoms with E-state index in [4.69, 9.17) is 9.47 Å². The number of aromatic amines is 1. The molecule has 11 nitrogen and oxygen atoms in total. The summed E-state index contributed by atoms with van der Waals surface area (Å²) < 4.78 is 10.6. The van der Waals surface area contributed by atoms with E-state index in [-0.39, 0.29) is 23.4 Å². The summed E-state index contributed by atoms with van der Waals surface area (Å²) in [7, 11) is 0. The first-order valence-corrected chi connectivity index (χ1v) is 10.2. The molecular formula is C22H28N4O7. The standard InChI is InChI=1S/C22H28N4O7/c1-21(2,3)32-18(27)12-16(23-20(29)33-22(4,5)6)17-11-15(19(28)25-24-17)13-7-9-14(10-8-13)26(30)31/h7-11,16H,12H2,1-6H3,(H,23,29)(H,25,28)/t16-/m0/s1. The van der Waals surface area contributed by atoms with Crippen LogP contribution in [0.5, 0.6) is 0 Å². The summed E-state index contributed by atoms with van der Waals surface area (Å²) in [6.07, 6.45) is -1.05. The van der Waals surface area contributed by atoms with E-state index in [0.29, 0.717) is 5.56 Å². The van der Waals surface area contributed by atoms with Gasteiger partial charge < -0.3 is 14.8 Å². The third kappa shape index (κ3) is 8.02. The Morgan fingerprint density at radius 3 is 2.18 bits per heavy atom. The minimum atomic E-state index is -0.969. The maximum absolute atomic E-state index is 12.5. The zero-order chi connectivity index (χ0) is 25.0. The number of H-pyrrole nitrogens is 1. The Bertz CT molecular complexity index is 1050. The Labute approximate surface area is 190 Å². The third-order valence-corrected chi connectivity index (χ3v) is 4.05. The molecule has 1 heterocycles. The van der Waals surface area contributed by atoms with E-state index < -0.39 is 39.8 Å². The molecule has 0 spiro atoms. The maximum atomic E-state index is 12.5. The summed E-state index contributed by atoms with van der Waals surface area (Å²) in [6.45, 7) is 10.2.